The Hall–Kier alpha value is -2.88. The SMILES string of the molecule is O=C1c2cccnc2C(=O)N1Cc1ccc(S(=O)(=O)NCc2cccs2)cc1. The minimum absolute atomic E-state index is 0.0526. The van der Waals surface area contributed by atoms with Gasteiger partial charge in [-0.3, -0.25) is 19.5 Å². The number of hydrogen-bond donors (Lipinski definition) is 1. The summed E-state index contributed by atoms with van der Waals surface area (Å²) in [6, 6.07) is 13.0. The van der Waals surface area contributed by atoms with E-state index in [0.717, 1.165) is 9.78 Å². The van der Waals surface area contributed by atoms with E-state index in [1.54, 1.807) is 24.3 Å². The third kappa shape index (κ3) is 3.47. The summed E-state index contributed by atoms with van der Waals surface area (Å²) in [7, 11) is -3.65. The molecule has 4 rings (SSSR count). The summed E-state index contributed by atoms with van der Waals surface area (Å²) < 4.78 is 27.4. The number of aromatic nitrogens is 1. The van der Waals surface area contributed by atoms with Gasteiger partial charge in [0, 0.05) is 17.6 Å². The first-order valence-electron chi connectivity index (χ1n) is 8.38. The van der Waals surface area contributed by atoms with Crippen molar-refractivity contribution in [2.24, 2.45) is 0 Å². The molecule has 3 aromatic rings. The first kappa shape index (κ1) is 18.5. The number of nitrogens with zero attached hydrogens (tertiary/aromatic N) is 2. The molecule has 1 aliphatic heterocycles. The van der Waals surface area contributed by atoms with Gasteiger partial charge in [0.05, 0.1) is 17.0 Å². The Morgan fingerprint density at radius 1 is 1.00 bits per heavy atom. The van der Waals surface area contributed by atoms with Crippen molar-refractivity contribution in [3.8, 4) is 0 Å². The third-order valence-electron chi connectivity index (χ3n) is 4.32. The van der Waals surface area contributed by atoms with Crippen molar-refractivity contribution in [3.63, 3.8) is 0 Å². The van der Waals surface area contributed by atoms with Gasteiger partial charge in [0.2, 0.25) is 10.0 Å². The summed E-state index contributed by atoms with van der Waals surface area (Å²) in [4.78, 5) is 30.9. The minimum atomic E-state index is -3.65. The van der Waals surface area contributed by atoms with E-state index in [2.05, 4.69) is 9.71 Å². The van der Waals surface area contributed by atoms with Crippen molar-refractivity contribution >= 4 is 33.2 Å². The van der Waals surface area contributed by atoms with E-state index in [0.29, 0.717) is 5.56 Å². The zero-order valence-corrected chi connectivity index (χ0v) is 16.2. The van der Waals surface area contributed by atoms with E-state index in [9.17, 15) is 18.0 Å². The largest absolute Gasteiger partial charge is 0.280 e. The van der Waals surface area contributed by atoms with E-state index in [1.165, 1.54) is 29.7 Å². The van der Waals surface area contributed by atoms with E-state index in [-0.39, 0.29) is 29.2 Å². The van der Waals surface area contributed by atoms with E-state index < -0.39 is 21.8 Å². The molecule has 0 radical (unpaired) electrons. The van der Waals surface area contributed by atoms with E-state index in [4.69, 9.17) is 0 Å². The van der Waals surface area contributed by atoms with Crippen LogP contribution in [0.3, 0.4) is 0 Å². The Kier molecular flexibility index (Phi) is 4.80. The van der Waals surface area contributed by atoms with Gasteiger partial charge >= 0.3 is 0 Å². The maximum atomic E-state index is 12.4. The van der Waals surface area contributed by atoms with Crippen LogP contribution in [0.2, 0.25) is 0 Å². The highest BCUT2D eigenvalue weighted by atomic mass is 32.2. The topological polar surface area (TPSA) is 96.4 Å². The lowest BCUT2D eigenvalue weighted by atomic mass is 10.2. The number of imide groups is 1. The Bertz CT molecular complexity index is 1110. The van der Waals surface area contributed by atoms with Crippen LogP contribution in [0.15, 0.2) is 65.0 Å². The maximum Gasteiger partial charge on any atom is 0.280 e. The van der Waals surface area contributed by atoms with Crippen LogP contribution in [-0.2, 0) is 23.1 Å². The molecule has 0 fully saturated rings. The number of rotatable bonds is 6. The molecule has 0 spiro atoms. The number of carbonyl (C=O) groups is 2. The Labute approximate surface area is 165 Å². The fraction of sp³-hybridized carbons (Fsp3) is 0.105. The summed E-state index contributed by atoms with van der Waals surface area (Å²) in [5, 5.41) is 1.88. The monoisotopic (exact) mass is 413 g/mol. The van der Waals surface area contributed by atoms with Crippen LogP contribution < -0.4 is 4.72 Å². The fourth-order valence-corrected chi connectivity index (χ4v) is 4.62. The Balaban J connectivity index is 1.47. The molecular formula is C19H15N3O4S2. The molecule has 1 aromatic carbocycles. The number of pyridine rings is 1. The van der Waals surface area contributed by atoms with Crippen LogP contribution >= 0.6 is 11.3 Å². The molecule has 1 aliphatic rings. The average Bonchev–Trinajstić information content (AvgIpc) is 3.31. The van der Waals surface area contributed by atoms with Gasteiger partial charge in [-0.15, -0.1) is 11.3 Å². The first-order chi connectivity index (χ1) is 13.5. The fourth-order valence-electron chi connectivity index (χ4n) is 2.88. The molecule has 28 heavy (non-hydrogen) atoms. The summed E-state index contributed by atoms with van der Waals surface area (Å²) in [5.41, 5.74) is 1.07. The van der Waals surface area contributed by atoms with E-state index in [1.807, 2.05) is 17.5 Å². The molecule has 0 atom stereocenters. The lowest BCUT2D eigenvalue weighted by Crippen LogP contribution is -2.29. The smallest absolute Gasteiger partial charge is 0.268 e. The molecule has 0 saturated heterocycles. The molecule has 0 unspecified atom stereocenters. The zero-order chi connectivity index (χ0) is 19.7. The molecule has 2 amide bonds. The number of sulfonamides is 1. The molecule has 142 valence electrons. The quantitative estimate of drug-likeness (QED) is 0.626. The zero-order valence-electron chi connectivity index (χ0n) is 14.5. The predicted octanol–water partition coefficient (Wildman–Crippen LogP) is 2.42. The Morgan fingerprint density at radius 3 is 2.46 bits per heavy atom. The number of fused-ring (bicyclic) bond motifs is 1. The molecule has 7 nitrogen and oxygen atoms in total. The molecule has 3 heterocycles. The number of amides is 2. The normalized spacial score (nSPS) is 13.8. The predicted molar refractivity (Wildman–Crippen MR) is 103 cm³/mol. The van der Waals surface area contributed by atoms with Crippen molar-refractivity contribution in [2.75, 3.05) is 0 Å². The summed E-state index contributed by atoms with van der Waals surface area (Å²) in [5.74, 6) is -0.850. The lowest BCUT2D eigenvalue weighted by Gasteiger charge is -2.14. The molecular weight excluding hydrogens is 398 g/mol. The maximum absolute atomic E-state index is 12.4. The van der Waals surface area contributed by atoms with Crippen molar-refractivity contribution in [3.05, 3.63) is 81.8 Å². The number of hydrogen-bond acceptors (Lipinski definition) is 6. The molecule has 0 aliphatic carbocycles. The second-order valence-corrected chi connectivity index (χ2v) is 8.94. The first-order valence-corrected chi connectivity index (χ1v) is 10.7. The van der Waals surface area contributed by atoms with Crippen LogP contribution in [0.4, 0.5) is 0 Å². The second-order valence-electron chi connectivity index (χ2n) is 6.14. The molecule has 9 heteroatoms. The van der Waals surface area contributed by atoms with Crippen LogP contribution in [0.25, 0.3) is 0 Å². The van der Waals surface area contributed by atoms with Gasteiger partial charge in [-0.25, -0.2) is 13.1 Å². The minimum Gasteiger partial charge on any atom is -0.268 e. The summed E-state index contributed by atoms with van der Waals surface area (Å²) >= 11 is 1.47. The van der Waals surface area contributed by atoms with Crippen molar-refractivity contribution in [1.29, 1.82) is 0 Å². The van der Waals surface area contributed by atoms with Gasteiger partial charge in [0.1, 0.15) is 5.69 Å². The van der Waals surface area contributed by atoms with Crippen LogP contribution in [0, 0.1) is 0 Å². The van der Waals surface area contributed by atoms with Gasteiger partial charge in [-0.05, 0) is 41.3 Å². The van der Waals surface area contributed by atoms with Crippen LogP contribution in [-0.4, -0.2) is 30.1 Å². The van der Waals surface area contributed by atoms with E-state index >= 15 is 0 Å². The van der Waals surface area contributed by atoms with Crippen LogP contribution in [0.1, 0.15) is 31.3 Å². The molecule has 2 aromatic heterocycles. The highest BCUT2D eigenvalue weighted by molar-refractivity contribution is 7.89. The number of thiophene rings is 1. The van der Waals surface area contributed by atoms with Gasteiger partial charge in [0.15, 0.2) is 0 Å². The molecule has 1 N–H and O–H groups in total. The number of benzene rings is 1. The second kappa shape index (κ2) is 7.27. The summed E-state index contributed by atoms with van der Waals surface area (Å²) in [6.45, 7) is 0.279. The third-order valence-corrected chi connectivity index (χ3v) is 6.62. The van der Waals surface area contributed by atoms with Gasteiger partial charge < -0.3 is 0 Å². The van der Waals surface area contributed by atoms with Crippen molar-refractivity contribution < 1.29 is 18.0 Å². The number of carbonyl (C=O) groups excluding carboxylic acids is 2. The van der Waals surface area contributed by atoms with Crippen molar-refractivity contribution in [1.82, 2.24) is 14.6 Å². The lowest BCUT2D eigenvalue weighted by molar-refractivity contribution is 0.0640. The standard InChI is InChI=1S/C19H15N3O4S2/c23-18-16-4-1-9-20-17(16)19(24)22(18)12-13-5-7-15(8-6-13)28(25,26)21-11-14-3-2-10-27-14/h1-10,21H,11-12H2. The van der Waals surface area contributed by atoms with Gasteiger partial charge in [-0.1, -0.05) is 18.2 Å². The average molecular weight is 413 g/mol. The Morgan fingerprint density at radius 2 is 1.79 bits per heavy atom. The van der Waals surface area contributed by atoms with Gasteiger partial charge in [0.25, 0.3) is 11.8 Å². The summed E-state index contributed by atoms with van der Waals surface area (Å²) in [6.07, 6.45) is 1.47. The van der Waals surface area contributed by atoms with Crippen molar-refractivity contribution in [2.45, 2.75) is 18.0 Å². The van der Waals surface area contributed by atoms with Gasteiger partial charge in [-0.2, -0.15) is 0 Å². The molecule has 0 bridgehead atoms. The highest BCUT2D eigenvalue weighted by Crippen LogP contribution is 2.23. The number of nitrogens with one attached hydrogen (secondary N) is 1. The highest BCUT2D eigenvalue weighted by Gasteiger charge is 2.36. The van der Waals surface area contributed by atoms with Crippen LogP contribution in [0.5, 0.6) is 0 Å². The molecule has 0 saturated carbocycles.